The van der Waals surface area contributed by atoms with Gasteiger partial charge in [0.05, 0.1) is 0 Å². The molecule has 2 rings (SSSR count). The average Bonchev–Trinajstić information content (AvgIpc) is 2.57. The van der Waals surface area contributed by atoms with Crippen molar-refractivity contribution in [3.8, 4) is 0 Å². The number of aryl methyl sites for hydroxylation is 1. The van der Waals surface area contributed by atoms with Crippen LogP contribution in [0.3, 0.4) is 0 Å². The monoisotopic (exact) mass is 331 g/mol. The molecule has 134 valence electrons. The normalized spacial score (nSPS) is 17.3. The molecule has 2 heterocycles. The topological polar surface area (TPSA) is 52.6 Å². The van der Waals surface area contributed by atoms with Crippen molar-refractivity contribution in [3.05, 3.63) is 29.6 Å². The minimum Gasteiger partial charge on any atom is -0.357 e. The zero-order valence-electron chi connectivity index (χ0n) is 15.7. The summed E-state index contributed by atoms with van der Waals surface area (Å²) < 4.78 is 0. The van der Waals surface area contributed by atoms with Crippen LogP contribution in [0.25, 0.3) is 0 Å². The van der Waals surface area contributed by atoms with Crippen LogP contribution in [0.5, 0.6) is 0 Å². The minimum atomic E-state index is 0.528. The number of piperidine rings is 1. The van der Waals surface area contributed by atoms with Crippen LogP contribution in [-0.2, 0) is 6.42 Å². The van der Waals surface area contributed by atoms with E-state index in [1.54, 1.807) is 0 Å². The third-order valence-electron chi connectivity index (χ3n) is 4.73. The van der Waals surface area contributed by atoms with Crippen molar-refractivity contribution < 1.29 is 0 Å². The Labute approximate surface area is 147 Å². The van der Waals surface area contributed by atoms with Crippen LogP contribution in [-0.4, -0.2) is 54.1 Å². The Hall–Kier alpha value is -1.62. The first kappa shape index (κ1) is 18.7. The van der Waals surface area contributed by atoms with Crippen LogP contribution in [0, 0.1) is 6.92 Å². The lowest BCUT2D eigenvalue weighted by Crippen LogP contribution is -2.49. The summed E-state index contributed by atoms with van der Waals surface area (Å²) in [5.41, 5.74) is 2.57. The van der Waals surface area contributed by atoms with E-state index in [9.17, 15) is 0 Å². The molecule has 1 aromatic rings. The molecule has 1 aliphatic heterocycles. The molecule has 0 aliphatic carbocycles. The van der Waals surface area contributed by atoms with Crippen molar-refractivity contribution in [1.29, 1.82) is 0 Å². The maximum Gasteiger partial charge on any atom is 0.191 e. The molecule has 0 bridgehead atoms. The van der Waals surface area contributed by atoms with E-state index in [-0.39, 0.29) is 0 Å². The molecule has 1 aromatic heterocycles. The molecule has 1 saturated heterocycles. The number of nitrogens with zero attached hydrogens (tertiary/aromatic N) is 3. The van der Waals surface area contributed by atoms with Gasteiger partial charge in [-0.2, -0.15) is 0 Å². The molecule has 0 radical (unpaired) electrons. The lowest BCUT2D eigenvalue weighted by atomic mass is 10.0. The number of nitrogens with one attached hydrogen (secondary N) is 2. The summed E-state index contributed by atoms with van der Waals surface area (Å²) in [5.74, 6) is 0.951. The Bertz CT molecular complexity index is 518. The molecule has 1 fully saturated rings. The fourth-order valence-electron chi connectivity index (χ4n) is 3.14. The summed E-state index contributed by atoms with van der Waals surface area (Å²) in [6.45, 7) is 12.8. The van der Waals surface area contributed by atoms with Gasteiger partial charge in [-0.25, -0.2) is 0 Å². The van der Waals surface area contributed by atoms with Crippen LogP contribution in [0.4, 0.5) is 0 Å². The van der Waals surface area contributed by atoms with E-state index >= 15 is 0 Å². The van der Waals surface area contributed by atoms with Gasteiger partial charge < -0.3 is 15.5 Å². The van der Waals surface area contributed by atoms with Gasteiger partial charge in [-0.05, 0) is 64.2 Å². The Morgan fingerprint density at radius 1 is 1.38 bits per heavy atom. The molecule has 0 aromatic carbocycles. The number of aliphatic imine (C=N–C) groups is 1. The van der Waals surface area contributed by atoms with Gasteiger partial charge in [0.25, 0.3) is 0 Å². The third kappa shape index (κ3) is 5.78. The van der Waals surface area contributed by atoms with E-state index in [0.29, 0.717) is 12.1 Å². The molecule has 0 spiro atoms. The minimum absolute atomic E-state index is 0.528. The number of likely N-dealkylation sites (tertiary alicyclic amines) is 1. The van der Waals surface area contributed by atoms with Gasteiger partial charge in [-0.3, -0.25) is 9.98 Å². The zero-order valence-corrected chi connectivity index (χ0v) is 15.7. The second-order valence-corrected chi connectivity index (χ2v) is 6.86. The SMILES string of the molecule is CCNC(=NCCc1ccncc1C)NC1CCN(C(C)C)CC1. The van der Waals surface area contributed by atoms with Crippen molar-refractivity contribution in [3.63, 3.8) is 0 Å². The van der Waals surface area contributed by atoms with Crippen LogP contribution in [0.2, 0.25) is 0 Å². The molecule has 0 unspecified atom stereocenters. The first-order valence-corrected chi connectivity index (χ1v) is 9.28. The molecule has 0 atom stereocenters. The third-order valence-corrected chi connectivity index (χ3v) is 4.73. The van der Waals surface area contributed by atoms with E-state index in [0.717, 1.165) is 25.5 Å². The lowest BCUT2D eigenvalue weighted by molar-refractivity contribution is 0.167. The summed E-state index contributed by atoms with van der Waals surface area (Å²) in [4.78, 5) is 11.5. The number of rotatable bonds is 6. The van der Waals surface area contributed by atoms with Gasteiger partial charge in [0.1, 0.15) is 0 Å². The zero-order chi connectivity index (χ0) is 17.4. The molecular formula is C19H33N5. The summed E-state index contributed by atoms with van der Waals surface area (Å²) in [6.07, 6.45) is 7.11. The molecular weight excluding hydrogens is 298 g/mol. The molecule has 5 nitrogen and oxygen atoms in total. The summed E-state index contributed by atoms with van der Waals surface area (Å²) in [6, 6.07) is 3.27. The van der Waals surface area contributed by atoms with E-state index in [4.69, 9.17) is 4.99 Å². The molecule has 2 N–H and O–H groups in total. The predicted molar refractivity (Wildman–Crippen MR) is 102 cm³/mol. The first-order chi connectivity index (χ1) is 11.6. The molecule has 24 heavy (non-hydrogen) atoms. The van der Waals surface area contributed by atoms with Crippen molar-refractivity contribution in [2.24, 2.45) is 4.99 Å². The van der Waals surface area contributed by atoms with Crippen molar-refractivity contribution in [2.75, 3.05) is 26.2 Å². The van der Waals surface area contributed by atoms with Crippen LogP contribution < -0.4 is 10.6 Å². The Balaban J connectivity index is 1.84. The maximum absolute atomic E-state index is 4.76. The van der Waals surface area contributed by atoms with Crippen molar-refractivity contribution in [2.45, 2.75) is 59.0 Å². The summed E-state index contributed by atoms with van der Waals surface area (Å²) in [7, 11) is 0. The Kier molecular flexibility index (Phi) is 7.50. The van der Waals surface area contributed by atoms with E-state index in [1.807, 2.05) is 12.4 Å². The Morgan fingerprint density at radius 3 is 2.75 bits per heavy atom. The van der Waals surface area contributed by atoms with Gasteiger partial charge >= 0.3 is 0 Å². The van der Waals surface area contributed by atoms with Gasteiger partial charge in [-0.15, -0.1) is 0 Å². The van der Waals surface area contributed by atoms with Gasteiger partial charge in [0, 0.05) is 50.7 Å². The molecule has 0 amide bonds. The number of aromatic nitrogens is 1. The highest BCUT2D eigenvalue weighted by atomic mass is 15.2. The quantitative estimate of drug-likeness (QED) is 0.621. The first-order valence-electron chi connectivity index (χ1n) is 9.28. The van der Waals surface area contributed by atoms with Crippen molar-refractivity contribution in [1.82, 2.24) is 20.5 Å². The highest BCUT2D eigenvalue weighted by molar-refractivity contribution is 5.80. The Morgan fingerprint density at radius 2 is 2.12 bits per heavy atom. The maximum atomic E-state index is 4.76. The lowest BCUT2D eigenvalue weighted by Gasteiger charge is -2.35. The summed E-state index contributed by atoms with van der Waals surface area (Å²) in [5, 5.41) is 6.99. The molecule has 5 heteroatoms. The molecule has 0 saturated carbocycles. The van der Waals surface area contributed by atoms with Crippen LogP contribution >= 0.6 is 0 Å². The van der Waals surface area contributed by atoms with Crippen LogP contribution in [0.15, 0.2) is 23.5 Å². The predicted octanol–water partition coefficient (Wildman–Crippen LogP) is 2.36. The van der Waals surface area contributed by atoms with Gasteiger partial charge in [0.2, 0.25) is 0 Å². The second-order valence-electron chi connectivity index (χ2n) is 6.86. The number of pyridine rings is 1. The smallest absolute Gasteiger partial charge is 0.191 e. The average molecular weight is 332 g/mol. The second kappa shape index (κ2) is 9.62. The van der Waals surface area contributed by atoms with Crippen LogP contribution in [0.1, 0.15) is 44.7 Å². The highest BCUT2D eigenvalue weighted by Gasteiger charge is 2.21. The fourth-order valence-corrected chi connectivity index (χ4v) is 3.14. The number of hydrogen-bond donors (Lipinski definition) is 2. The van der Waals surface area contributed by atoms with Gasteiger partial charge in [-0.1, -0.05) is 0 Å². The van der Waals surface area contributed by atoms with E-state index in [1.165, 1.54) is 37.1 Å². The molecule has 1 aliphatic rings. The number of hydrogen-bond acceptors (Lipinski definition) is 3. The van der Waals surface area contributed by atoms with E-state index in [2.05, 4.69) is 54.3 Å². The fraction of sp³-hybridized carbons (Fsp3) is 0.684. The standard InChI is InChI=1S/C19H33N5/c1-5-21-19(22-11-7-17-6-10-20-14-16(17)4)23-18-8-12-24(13-9-18)15(2)3/h6,10,14-15,18H,5,7-9,11-13H2,1-4H3,(H2,21,22,23). The largest absolute Gasteiger partial charge is 0.357 e. The summed E-state index contributed by atoms with van der Waals surface area (Å²) >= 11 is 0. The highest BCUT2D eigenvalue weighted by Crippen LogP contribution is 2.13. The van der Waals surface area contributed by atoms with E-state index < -0.39 is 0 Å². The van der Waals surface area contributed by atoms with Crippen molar-refractivity contribution >= 4 is 5.96 Å². The van der Waals surface area contributed by atoms with Gasteiger partial charge in [0.15, 0.2) is 5.96 Å². The number of guanidine groups is 1.